The maximum atomic E-state index is 12.6. The minimum Gasteiger partial charge on any atom is -0.445 e. The zero-order chi connectivity index (χ0) is 19.5. The normalized spacial score (nSPS) is 26.0. The molecule has 27 heavy (non-hydrogen) atoms. The Kier molecular flexibility index (Phi) is 6.08. The molecule has 0 unspecified atom stereocenters. The number of hydrogen-bond donors (Lipinski definition) is 2. The van der Waals surface area contributed by atoms with Gasteiger partial charge in [0.25, 0.3) is 0 Å². The largest absolute Gasteiger partial charge is 0.445 e. The Morgan fingerprint density at radius 2 is 2.11 bits per heavy atom. The molecule has 1 aliphatic heterocycles. The van der Waals surface area contributed by atoms with Crippen LogP contribution in [0, 0.1) is 5.41 Å². The van der Waals surface area contributed by atoms with Crippen molar-refractivity contribution in [1.82, 2.24) is 9.62 Å². The molecular formula is C19H28N2O5S. The van der Waals surface area contributed by atoms with E-state index in [9.17, 15) is 18.3 Å². The number of ether oxygens (including phenoxy) is 1. The van der Waals surface area contributed by atoms with E-state index in [1.54, 1.807) is 11.8 Å². The lowest BCUT2D eigenvalue weighted by Gasteiger charge is -2.31. The number of hydrogen-bond acceptors (Lipinski definition) is 5. The maximum absolute atomic E-state index is 12.6. The van der Waals surface area contributed by atoms with E-state index in [4.69, 9.17) is 4.74 Å². The molecule has 2 N–H and O–H groups in total. The molecule has 2 fully saturated rings. The van der Waals surface area contributed by atoms with Crippen LogP contribution in [0.25, 0.3) is 0 Å². The molecule has 1 aromatic rings. The standard InChI is InChI=1S/C19H28N2O5S/c1-15(22)12-20-27(24,25)14-19-9-5-8-17(19)21(11-10-19)18(23)26-13-16-6-3-2-4-7-16/h2-4,6-7,15,17,20,22H,5,8-14H2,1H3/t15-,17-,19-/m1/s1. The fourth-order valence-corrected chi connectivity index (χ4v) is 6.17. The molecule has 0 spiro atoms. The SMILES string of the molecule is C[C@@H](O)CNS(=O)(=O)C[C@]12CCC[C@H]1N(C(=O)OCc1ccccc1)CC2. The first kappa shape index (κ1) is 20.1. The number of benzene rings is 1. The number of nitrogens with one attached hydrogen (secondary N) is 1. The summed E-state index contributed by atoms with van der Waals surface area (Å²) in [6.45, 7) is 2.28. The van der Waals surface area contributed by atoms with Crippen molar-refractivity contribution in [3.63, 3.8) is 0 Å². The molecule has 1 saturated heterocycles. The van der Waals surface area contributed by atoms with E-state index < -0.39 is 21.5 Å². The highest BCUT2D eigenvalue weighted by Gasteiger charge is 2.54. The third-order valence-corrected chi connectivity index (χ3v) is 7.16. The number of amides is 1. The molecule has 3 rings (SSSR count). The number of sulfonamides is 1. The van der Waals surface area contributed by atoms with Gasteiger partial charge in [-0.3, -0.25) is 0 Å². The Bertz CT molecular complexity index is 753. The Hall–Kier alpha value is -1.64. The van der Waals surface area contributed by atoms with Crippen LogP contribution in [0.3, 0.4) is 0 Å². The molecule has 1 aromatic carbocycles. The lowest BCUT2D eigenvalue weighted by molar-refractivity contribution is 0.0853. The number of nitrogens with zero attached hydrogens (tertiary/aromatic N) is 1. The zero-order valence-corrected chi connectivity index (χ0v) is 16.5. The fraction of sp³-hybridized carbons (Fsp3) is 0.632. The summed E-state index contributed by atoms with van der Waals surface area (Å²) in [6.07, 6.45) is 2.04. The van der Waals surface area contributed by atoms with Gasteiger partial charge in [0.15, 0.2) is 0 Å². The summed E-state index contributed by atoms with van der Waals surface area (Å²) in [6, 6.07) is 9.39. The molecule has 1 amide bonds. The molecule has 1 aliphatic carbocycles. The summed E-state index contributed by atoms with van der Waals surface area (Å²) in [5.41, 5.74) is 0.503. The van der Waals surface area contributed by atoms with E-state index in [1.807, 2.05) is 30.3 Å². The summed E-state index contributed by atoms with van der Waals surface area (Å²) in [7, 11) is -3.52. The molecule has 7 nitrogen and oxygen atoms in total. The number of carbonyl (C=O) groups excluding carboxylic acids is 1. The molecule has 1 heterocycles. The number of aliphatic hydroxyl groups excluding tert-OH is 1. The predicted octanol–water partition coefficient (Wildman–Crippen LogP) is 1.87. The van der Waals surface area contributed by atoms with Gasteiger partial charge in [0.05, 0.1) is 11.9 Å². The number of carbonyl (C=O) groups is 1. The Balaban J connectivity index is 1.63. The quantitative estimate of drug-likeness (QED) is 0.733. The van der Waals surface area contributed by atoms with Gasteiger partial charge in [0, 0.05) is 24.5 Å². The number of aliphatic hydroxyl groups is 1. The Morgan fingerprint density at radius 1 is 1.37 bits per heavy atom. The van der Waals surface area contributed by atoms with E-state index in [0.717, 1.165) is 24.8 Å². The predicted molar refractivity (Wildman–Crippen MR) is 101 cm³/mol. The highest BCUT2D eigenvalue weighted by atomic mass is 32.2. The Labute approximate surface area is 160 Å². The fourth-order valence-electron chi connectivity index (χ4n) is 4.34. The van der Waals surface area contributed by atoms with Crippen molar-refractivity contribution in [3.8, 4) is 0 Å². The van der Waals surface area contributed by atoms with E-state index in [-0.39, 0.29) is 31.0 Å². The van der Waals surface area contributed by atoms with Gasteiger partial charge in [0.2, 0.25) is 10.0 Å². The summed E-state index contributed by atoms with van der Waals surface area (Å²) in [5.74, 6) is -0.0140. The molecule has 3 atom stereocenters. The van der Waals surface area contributed by atoms with Gasteiger partial charge < -0.3 is 14.7 Å². The van der Waals surface area contributed by atoms with Crippen molar-refractivity contribution in [2.24, 2.45) is 5.41 Å². The second-order valence-electron chi connectivity index (χ2n) is 7.71. The molecule has 0 radical (unpaired) electrons. The van der Waals surface area contributed by atoms with Crippen molar-refractivity contribution >= 4 is 16.1 Å². The second-order valence-corrected chi connectivity index (χ2v) is 9.52. The molecule has 0 bridgehead atoms. The van der Waals surface area contributed by atoms with Crippen molar-refractivity contribution in [2.75, 3.05) is 18.8 Å². The lowest BCUT2D eigenvalue weighted by Crippen LogP contribution is -2.45. The first-order valence-corrected chi connectivity index (χ1v) is 11.1. The van der Waals surface area contributed by atoms with Crippen molar-refractivity contribution < 1.29 is 23.1 Å². The topological polar surface area (TPSA) is 95.9 Å². The maximum Gasteiger partial charge on any atom is 0.410 e. The summed E-state index contributed by atoms with van der Waals surface area (Å²) in [4.78, 5) is 14.3. The number of fused-ring (bicyclic) bond motifs is 1. The van der Waals surface area contributed by atoms with Crippen LogP contribution in [0.5, 0.6) is 0 Å². The van der Waals surface area contributed by atoms with Crippen LogP contribution in [0.1, 0.15) is 38.2 Å². The average Bonchev–Trinajstić information content (AvgIpc) is 3.16. The average molecular weight is 397 g/mol. The molecular weight excluding hydrogens is 368 g/mol. The van der Waals surface area contributed by atoms with Crippen LogP contribution >= 0.6 is 0 Å². The highest BCUT2D eigenvalue weighted by Crippen LogP contribution is 2.49. The van der Waals surface area contributed by atoms with E-state index in [0.29, 0.717) is 13.0 Å². The Morgan fingerprint density at radius 3 is 2.81 bits per heavy atom. The van der Waals surface area contributed by atoms with Gasteiger partial charge in [-0.1, -0.05) is 36.8 Å². The second kappa shape index (κ2) is 8.16. The zero-order valence-electron chi connectivity index (χ0n) is 15.6. The molecule has 1 saturated carbocycles. The van der Waals surface area contributed by atoms with Crippen LogP contribution in [0.4, 0.5) is 4.79 Å². The first-order chi connectivity index (χ1) is 12.8. The molecule has 0 aromatic heterocycles. The van der Waals surface area contributed by atoms with E-state index in [1.165, 1.54) is 0 Å². The summed E-state index contributed by atoms with van der Waals surface area (Å²) < 4.78 is 32.9. The van der Waals surface area contributed by atoms with Crippen LogP contribution in [0.2, 0.25) is 0 Å². The van der Waals surface area contributed by atoms with Gasteiger partial charge in [-0.25, -0.2) is 17.9 Å². The van der Waals surface area contributed by atoms with Gasteiger partial charge in [-0.05, 0) is 31.7 Å². The van der Waals surface area contributed by atoms with Gasteiger partial charge >= 0.3 is 6.09 Å². The number of rotatable bonds is 7. The molecule has 150 valence electrons. The highest BCUT2D eigenvalue weighted by molar-refractivity contribution is 7.89. The van der Waals surface area contributed by atoms with Gasteiger partial charge in [0.1, 0.15) is 6.61 Å². The van der Waals surface area contributed by atoms with Crippen molar-refractivity contribution in [2.45, 2.75) is 51.4 Å². The first-order valence-electron chi connectivity index (χ1n) is 9.44. The minimum atomic E-state index is -3.52. The van der Waals surface area contributed by atoms with E-state index in [2.05, 4.69) is 4.72 Å². The molecule has 2 aliphatic rings. The lowest BCUT2D eigenvalue weighted by atomic mass is 9.84. The van der Waals surface area contributed by atoms with Crippen LogP contribution in [-0.4, -0.2) is 55.5 Å². The summed E-state index contributed by atoms with van der Waals surface area (Å²) in [5, 5.41) is 9.33. The van der Waals surface area contributed by atoms with Gasteiger partial charge in [-0.2, -0.15) is 0 Å². The minimum absolute atomic E-state index is 0.00586. The third kappa shape index (κ3) is 4.80. The van der Waals surface area contributed by atoms with Crippen molar-refractivity contribution in [3.05, 3.63) is 35.9 Å². The number of likely N-dealkylation sites (tertiary alicyclic amines) is 1. The van der Waals surface area contributed by atoms with Crippen LogP contribution < -0.4 is 4.72 Å². The van der Waals surface area contributed by atoms with Crippen molar-refractivity contribution in [1.29, 1.82) is 0 Å². The van der Waals surface area contributed by atoms with E-state index >= 15 is 0 Å². The smallest absolute Gasteiger partial charge is 0.410 e. The monoisotopic (exact) mass is 396 g/mol. The van der Waals surface area contributed by atoms with Crippen LogP contribution in [0.15, 0.2) is 30.3 Å². The van der Waals surface area contributed by atoms with Crippen LogP contribution in [-0.2, 0) is 21.4 Å². The third-order valence-electron chi connectivity index (χ3n) is 5.60. The molecule has 8 heteroatoms. The van der Waals surface area contributed by atoms with Gasteiger partial charge in [-0.15, -0.1) is 0 Å². The summed E-state index contributed by atoms with van der Waals surface area (Å²) >= 11 is 0.